The van der Waals surface area contributed by atoms with Gasteiger partial charge in [-0.2, -0.15) is 0 Å². The van der Waals surface area contributed by atoms with Crippen LogP contribution in [0.4, 0.5) is 14.7 Å². The summed E-state index contributed by atoms with van der Waals surface area (Å²) in [6, 6.07) is 2.36. The number of aliphatic hydroxyl groups excluding tert-OH is 1. The molecule has 2 aromatic rings. The molecule has 210 valence electrons. The zero-order chi connectivity index (χ0) is 26.9. The maximum absolute atomic E-state index is 13.6. The van der Waals surface area contributed by atoms with Gasteiger partial charge in [0, 0.05) is 56.6 Å². The van der Waals surface area contributed by atoms with Gasteiger partial charge in [0.15, 0.2) is 0 Å². The van der Waals surface area contributed by atoms with Crippen LogP contribution in [0.25, 0.3) is 5.52 Å². The first-order chi connectivity index (χ1) is 18.2. The number of anilines is 1. The second-order valence-electron chi connectivity index (χ2n) is 11.6. The van der Waals surface area contributed by atoms with Crippen LogP contribution in [0.1, 0.15) is 94.2 Å². The predicted octanol–water partition coefficient (Wildman–Crippen LogP) is 4.73. The summed E-state index contributed by atoms with van der Waals surface area (Å²) in [5.41, 5.74) is 3.40. The van der Waals surface area contributed by atoms with Crippen molar-refractivity contribution in [2.45, 2.75) is 101 Å². The van der Waals surface area contributed by atoms with Gasteiger partial charge in [0.05, 0.1) is 24.4 Å². The number of halogens is 2. The number of aromatic nitrogens is 3. The quantitative estimate of drug-likeness (QED) is 0.535. The SMILES string of the molecule is COC[C@H](C)Nc1ncc2c([C@H]3CC[C@H](C(=O)N4CCC(F)(F)CC4)CC3)cc([C@H]3CC[C@H](O)CC3)n2n1. The number of nitrogens with zero attached hydrogens (tertiary/aromatic N) is 4. The first-order valence-corrected chi connectivity index (χ1v) is 14.2. The molecule has 2 saturated carbocycles. The van der Waals surface area contributed by atoms with Crippen LogP contribution in [0.3, 0.4) is 0 Å². The Morgan fingerprint density at radius 1 is 1.13 bits per heavy atom. The number of amides is 1. The van der Waals surface area contributed by atoms with Gasteiger partial charge in [0.25, 0.3) is 5.92 Å². The van der Waals surface area contributed by atoms with Crippen molar-refractivity contribution >= 4 is 17.4 Å². The molecule has 1 aliphatic heterocycles. The minimum Gasteiger partial charge on any atom is -0.393 e. The number of hydrogen-bond acceptors (Lipinski definition) is 6. The number of methoxy groups -OCH3 is 1. The first kappa shape index (κ1) is 27.2. The number of hydrogen-bond donors (Lipinski definition) is 2. The molecule has 10 heteroatoms. The number of piperidine rings is 1. The third-order valence-electron chi connectivity index (χ3n) is 8.81. The second-order valence-corrected chi connectivity index (χ2v) is 11.6. The van der Waals surface area contributed by atoms with E-state index < -0.39 is 5.92 Å². The van der Waals surface area contributed by atoms with Gasteiger partial charge >= 0.3 is 0 Å². The molecule has 2 aromatic heterocycles. The fraction of sp³-hybridized carbons (Fsp3) is 0.750. The summed E-state index contributed by atoms with van der Waals surface area (Å²) in [5.74, 6) is -1.49. The maximum atomic E-state index is 13.6. The average Bonchev–Trinajstić information content (AvgIpc) is 3.28. The lowest BCUT2D eigenvalue weighted by atomic mass is 9.78. The smallest absolute Gasteiger partial charge is 0.251 e. The van der Waals surface area contributed by atoms with E-state index in [-0.39, 0.29) is 49.9 Å². The van der Waals surface area contributed by atoms with Crippen LogP contribution in [0.5, 0.6) is 0 Å². The molecule has 1 atom stereocenters. The molecule has 0 spiro atoms. The Labute approximate surface area is 223 Å². The Morgan fingerprint density at radius 3 is 2.45 bits per heavy atom. The molecular weight excluding hydrogens is 492 g/mol. The number of ether oxygens (including phenoxy) is 1. The second kappa shape index (κ2) is 11.4. The molecule has 1 amide bonds. The van der Waals surface area contributed by atoms with Crippen molar-refractivity contribution < 1.29 is 23.4 Å². The van der Waals surface area contributed by atoms with Gasteiger partial charge in [0.1, 0.15) is 0 Å². The van der Waals surface area contributed by atoms with Crippen LogP contribution in [-0.2, 0) is 9.53 Å². The summed E-state index contributed by atoms with van der Waals surface area (Å²) in [5, 5.41) is 18.3. The number of nitrogens with one attached hydrogen (secondary N) is 1. The first-order valence-electron chi connectivity index (χ1n) is 14.2. The molecule has 0 unspecified atom stereocenters. The highest BCUT2D eigenvalue weighted by molar-refractivity contribution is 5.79. The molecule has 5 rings (SSSR count). The standard InChI is InChI=1S/C28H41F2N5O3/c1-18(17-38-2)32-27-31-16-25-23(15-24(35(25)33-27)20-7-9-22(36)10-8-20)19-3-5-21(6-4-19)26(37)34-13-11-28(29,30)12-14-34/h15-16,18-22,36H,3-14,17H2,1-2H3,(H,32,33)/t18-,19-,20-,21-,22-/m0/s1. The highest BCUT2D eigenvalue weighted by Crippen LogP contribution is 2.42. The molecule has 0 bridgehead atoms. The summed E-state index contributed by atoms with van der Waals surface area (Å²) in [4.78, 5) is 19.3. The van der Waals surface area contributed by atoms with E-state index in [2.05, 4.69) is 16.4 Å². The van der Waals surface area contributed by atoms with Gasteiger partial charge in [-0.3, -0.25) is 4.79 Å². The lowest BCUT2D eigenvalue weighted by Gasteiger charge is -2.36. The Hall–Kier alpha value is -2.33. The minimum absolute atomic E-state index is 0.0476. The highest BCUT2D eigenvalue weighted by atomic mass is 19.3. The van der Waals surface area contributed by atoms with Crippen LogP contribution in [0.2, 0.25) is 0 Å². The van der Waals surface area contributed by atoms with Crippen molar-refractivity contribution in [2.24, 2.45) is 5.92 Å². The summed E-state index contributed by atoms with van der Waals surface area (Å²) in [6.07, 6.45) is 7.97. The average molecular weight is 534 g/mol. The fourth-order valence-corrected chi connectivity index (χ4v) is 6.57. The maximum Gasteiger partial charge on any atom is 0.251 e. The Kier molecular flexibility index (Phi) is 8.19. The van der Waals surface area contributed by atoms with Gasteiger partial charge in [0.2, 0.25) is 11.9 Å². The van der Waals surface area contributed by atoms with Crippen LogP contribution >= 0.6 is 0 Å². The summed E-state index contributed by atoms with van der Waals surface area (Å²) in [7, 11) is 1.67. The Bertz CT molecular complexity index is 1100. The molecule has 38 heavy (non-hydrogen) atoms. The van der Waals surface area contributed by atoms with E-state index in [4.69, 9.17) is 9.84 Å². The van der Waals surface area contributed by atoms with Gasteiger partial charge in [-0.15, -0.1) is 5.10 Å². The number of fused-ring (bicyclic) bond motifs is 1. The molecule has 1 saturated heterocycles. The number of rotatable bonds is 7. The zero-order valence-electron chi connectivity index (χ0n) is 22.5. The molecular formula is C28H41F2N5O3. The van der Waals surface area contributed by atoms with E-state index in [0.29, 0.717) is 24.4 Å². The van der Waals surface area contributed by atoms with Gasteiger partial charge < -0.3 is 20.1 Å². The third-order valence-corrected chi connectivity index (χ3v) is 8.81. The summed E-state index contributed by atoms with van der Waals surface area (Å²) < 4.78 is 34.4. The number of aliphatic hydroxyl groups is 1. The number of carbonyl (C=O) groups excluding carboxylic acids is 1. The molecule has 2 aliphatic carbocycles. The third kappa shape index (κ3) is 5.96. The summed E-state index contributed by atoms with van der Waals surface area (Å²) >= 11 is 0. The van der Waals surface area contributed by atoms with Gasteiger partial charge in [-0.25, -0.2) is 18.3 Å². The molecule has 2 N–H and O–H groups in total. The molecule has 3 aliphatic rings. The van der Waals surface area contributed by atoms with Crippen LogP contribution in [-0.4, -0.2) is 75.4 Å². The number of alkyl halides is 2. The molecule has 0 radical (unpaired) electrons. The van der Waals surface area contributed by atoms with Crippen LogP contribution in [0, 0.1) is 5.92 Å². The topological polar surface area (TPSA) is 92.0 Å². The van der Waals surface area contributed by atoms with E-state index in [1.54, 1.807) is 12.0 Å². The van der Waals surface area contributed by atoms with Crippen molar-refractivity contribution in [1.29, 1.82) is 0 Å². The van der Waals surface area contributed by atoms with E-state index in [9.17, 15) is 18.7 Å². The predicted molar refractivity (Wildman–Crippen MR) is 141 cm³/mol. The van der Waals surface area contributed by atoms with Crippen molar-refractivity contribution in [1.82, 2.24) is 19.5 Å². The van der Waals surface area contributed by atoms with E-state index in [1.807, 2.05) is 17.6 Å². The fourth-order valence-electron chi connectivity index (χ4n) is 6.57. The number of carbonyl (C=O) groups is 1. The van der Waals surface area contributed by atoms with Crippen molar-refractivity contribution in [3.63, 3.8) is 0 Å². The van der Waals surface area contributed by atoms with Crippen molar-refractivity contribution in [2.75, 3.05) is 32.1 Å². The molecule has 3 heterocycles. The van der Waals surface area contributed by atoms with Crippen molar-refractivity contribution in [3.05, 3.63) is 23.5 Å². The summed E-state index contributed by atoms with van der Waals surface area (Å²) in [6.45, 7) is 2.89. The van der Waals surface area contributed by atoms with Crippen LogP contribution < -0.4 is 5.32 Å². The molecule has 3 fully saturated rings. The van der Waals surface area contributed by atoms with Gasteiger partial charge in [-0.1, -0.05) is 0 Å². The molecule has 8 nitrogen and oxygen atoms in total. The minimum atomic E-state index is -2.64. The highest BCUT2D eigenvalue weighted by Gasteiger charge is 2.38. The number of likely N-dealkylation sites (tertiary alicyclic amines) is 1. The zero-order valence-corrected chi connectivity index (χ0v) is 22.5. The lowest BCUT2D eigenvalue weighted by molar-refractivity contribution is -0.142. The Balaban J connectivity index is 1.33. The van der Waals surface area contributed by atoms with Gasteiger partial charge in [-0.05, 0) is 75.8 Å². The molecule has 0 aromatic carbocycles. The van der Waals surface area contributed by atoms with Crippen molar-refractivity contribution in [3.8, 4) is 0 Å². The van der Waals surface area contributed by atoms with E-state index >= 15 is 0 Å². The largest absolute Gasteiger partial charge is 0.393 e. The van der Waals surface area contributed by atoms with E-state index in [1.165, 1.54) is 11.3 Å². The lowest BCUT2D eigenvalue weighted by Crippen LogP contribution is -2.45. The van der Waals surface area contributed by atoms with E-state index in [0.717, 1.165) is 56.9 Å². The van der Waals surface area contributed by atoms with Crippen LogP contribution in [0.15, 0.2) is 12.3 Å². The Morgan fingerprint density at radius 2 is 1.79 bits per heavy atom. The normalized spacial score (nSPS) is 28.8. The monoisotopic (exact) mass is 533 g/mol.